The molecule has 0 saturated carbocycles. The lowest BCUT2D eigenvalue weighted by molar-refractivity contribution is -0.123. The second-order valence-corrected chi connectivity index (χ2v) is 6.15. The number of alkyl halides is 1. The van der Waals surface area contributed by atoms with Gasteiger partial charge < -0.3 is 5.32 Å². The monoisotopic (exact) mass is 247 g/mol. The zero-order valence-corrected chi connectivity index (χ0v) is 12.0. The Labute approximate surface area is 105 Å². The van der Waals surface area contributed by atoms with Gasteiger partial charge in [-0.1, -0.05) is 27.7 Å². The molecular formula is C13H26ClNO. The number of carbonyl (C=O) groups is 1. The van der Waals surface area contributed by atoms with Crippen LogP contribution in [0, 0.1) is 11.3 Å². The maximum atomic E-state index is 11.7. The normalized spacial score (nSPS) is 15.6. The molecule has 2 nitrogen and oxygen atoms in total. The molecule has 0 spiro atoms. The third-order valence-corrected chi connectivity index (χ3v) is 3.42. The molecule has 2 atom stereocenters. The Bertz CT molecular complexity index is 210. The summed E-state index contributed by atoms with van der Waals surface area (Å²) in [6, 6.07) is 0.235. The molecule has 1 amide bonds. The molecule has 96 valence electrons. The van der Waals surface area contributed by atoms with Crippen LogP contribution in [0.3, 0.4) is 0 Å². The van der Waals surface area contributed by atoms with Crippen LogP contribution < -0.4 is 5.32 Å². The van der Waals surface area contributed by atoms with Crippen LogP contribution in [0.15, 0.2) is 0 Å². The maximum Gasteiger partial charge on any atom is 0.220 e. The molecule has 0 saturated heterocycles. The first kappa shape index (κ1) is 15.8. The number of rotatable bonds is 6. The van der Waals surface area contributed by atoms with Gasteiger partial charge in [-0.2, -0.15) is 0 Å². The second kappa shape index (κ2) is 7.16. The van der Waals surface area contributed by atoms with Gasteiger partial charge in [-0.25, -0.2) is 0 Å². The molecule has 3 heteroatoms. The average molecular weight is 248 g/mol. The Hall–Kier alpha value is -0.240. The van der Waals surface area contributed by atoms with Gasteiger partial charge in [0.25, 0.3) is 0 Å². The average Bonchev–Trinajstić information content (AvgIpc) is 2.12. The van der Waals surface area contributed by atoms with Crippen LogP contribution in [-0.2, 0) is 4.79 Å². The van der Waals surface area contributed by atoms with Crippen molar-refractivity contribution in [1.82, 2.24) is 5.32 Å². The van der Waals surface area contributed by atoms with Crippen molar-refractivity contribution in [2.24, 2.45) is 11.3 Å². The smallest absolute Gasteiger partial charge is 0.220 e. The highest BCUT2D eigenvalue weighted by Crippen LogP contribution is 2.27. The van der Waals surface area contributed by atoms with Gasteiger partial charge in [0.2, 0.25) is 5.91 Å². The van der Waals surface area contributed by atoms with Crippen LogP contribution >= 0.6 is 11.6 Å². The topological polar surface area (TPSA) is 29.1 Å². The van der Waals surface area contributed by atoms with Crippen LogP contribution in [0.1, 0.15) is 53.9 Å². The number of nitrogens with one attached hydrogen (secondary N) is 1. The molecule has 0 aromatic rings. The van der Waals surface area contributed by atoms with Crippen molar-refractivity contribution >= 4 is 17.5 Å². The largest absolute Gasteiger partial charge is 0.354 e. The molecular weight excluding hydrogens is 222 g/mol. The zero-order valence-electron chi connectivity index (χ0n) is 11.3. The van der Waals surface area contributed by atoms with Crippen molar-refractivity contribution in [2.45, 2.75) is 59.9 Å². The summed E-state index contributed by atoms with van der Waals surface area (Å²) in [5.74, 6) is 1.22. The van der Waals surface area contributed by atoms with Crippen LogP contribution in [0.4, 0.5) is 0 Å². The van der Waals surface area contributed by atoms with Crippen molar-refractivity contribution < 1.29 is 4.79 Å². The highest BCUT2D eigenvalue weighted by molar-refractivity contribution is 6.17. The molecule has 0 radical (unpaired) electrons. The van der Waals surface area contributed by atoms with Crippen molar-refractivity contribution in [3.05, 3.63) is 0 Å². The fourth-order valence-electron chi connectivity index (χ4n) is 1.37. The Balaban J connectivity index is 3.90. The van der Waals surface area contributed by atoms with Gasteiger partial charge in [-0.15, -0.1) is 11.6 Å². The van der Waals surface area contributed by atoms with Gasteiger partial charge >= 0.3 is 0 Å². The standard InChI is InChI=1S/C13H26ClNO/c1-10(13(3,4)5)9-12(16)15-11(2)7-6-8-14/h10-11H,6-9H2,1-5H3,(H,15,16). The molecule has 16 heavy (non-hydrogen) atoms. The van der Waals surface area contributed by atoms with E-state index in [2.05, 4.69) is 33.0 Å². The maximum absolute atomic E-state index is 11.7. The Kier molecular flexibility index (Phi) is 7.05. The van der Waals surface area contributed by atoms with Gasteiger partial charge in [0.05, 0.1) is 0 Å². The minimum Gasteiger partial charge on any atom is -0.354 e. The molecule has 0 aliphatic rings. The van der Waals surface area contributed by atoms with E-state index in [1.807, 2.05) is 6.92 Å². The molecule has 0 aliphatic carbocycles. The van der Waals surface area contributed by atoms with Crippen LogP contribution in [0.2, 0.25) is 0 Å². The quantitative estimate of drug-likeness (QED) is 0.715. The first-order chi connectivity index (χ1) is 7.27. The Morgan fingerprint density at radius 2 is 1.88 bits per heavy atom. The predicted octanol–water partition coefficient (Wildman–Crippen LogP) is 3.58. The first-order valence-corrected chi connectivity index (χ1v) is 6.66. The number of hydrogen-bond acceptors (Lipinski definition) is 1. The summed E-state index contributed by atoms with van der Waals surface area (Å²) in [5, 5.41) is 3.02. The van der Waals surface area contributed by atoms with Gasteiger partial charge in [-0.3, -0.25) is 4.79 Å². The predicted molar refractivity (Wildman–Crippen MR) is 70.8 cm³/mol. The second-order valence-electron chi connectivity index (χ2n) is 5.77. The van der Waals surface area contributed by atoms with Crippen molar-refractivity contribution in [3.63, 3.8) is 0 Å². The van der Waals surface area contributed by atoms with Gasteiger partial charge in [0.1, 0.15) is 0 Å². The van der Waals surface area contributed by atoms with E-state index in [4.69, 9.17) is 11.6 Å². The van der Waals surface area contributed by atoms with E-state index in [0.29, 0.717) is 18.2 Å². The fraction of sp³-hybridized carbons (Fsp3) is 0.923. The van der Waals surface area contributed by atoms with E-state index in [0.717, 1.165) is 12.8 Å². The number of amides is 1. The van der Waals surface area contributed by atoms with E-state index in [1.54, 1.807) is 0 Å². The molecule has 0 aromatic heterocycles. The first-order valence-electron chi connectivity index (χ1n) is 6.12. The minimum atomic E-state index is 0.157. The van der Waals surface area contributed by atoms with E-state index < -0.39 is 0 Å². The van der Waals surface area contributed by atoms with Gasteiger partial charge in [-0.05, 0) is 31.1 Å². The molecule has 0 heterocycles. The zero-order chi connectivity index (χ0) is 12.8. The van der Waals surface area contributed by atoms with E-state index in [9.17, 15) is 4.79 Å². The van der Waals surface area contributed by atoms with Gasteiger partial charge in [0, 0.05) is 18.3 Å². The van der Waals surface area contributed by atoms with Crippen LogP contribution in [-0.4, -0.2) is 17.8 Å². The molecule has 0 aliphatic heterocycles. The number of carbonyl (C=O) groups excluding carboxylic acids is 1. The molecule has 0 fully saturated rings. The fourth-order valence-corrected chi connectivity index (χ4v) is 1.53. The Morgan fingerprint density at radius 1 is 1.31 bits per heavy atom. The summed E-state index contributed by atoms with van der Waals surface area (Å²) in [6.07, 6.45) is 2.52. The molecule has 1 N–H and O–H groups in total. The molecule has 2 unspecified atom stereocenters. The molecule has 0 bridgehead atoms. The molecule has 0 rings (SSSR count). The summed E-state index contributed by atoms with van der Waals surface area (Å²) < 4.78 is 0. The summed E-state index contributed by atoms with van der Waals surface area (Å²) >= 11 is 5.61. The summed E-state index contributed by atoms with van der Waals surface area (Å²) in [7, 11) is 0. The lowest BCUT2D eigenvalue weighted by atomic mass is 9.80. The molecule has 0 aromatic carbocycles. The third-order valence-electron chi connectivity index (χ3n) is 3.15. The van der Waals surface area contributed by atoms with E-state index in [1.165, 1.54) is 0 Å². The highest BCUT2D eigenvalue weighted by atomic mass is 35.5. The minimum absolute atomic E-state index is 0.157. The number of halogens is 1. The van der Waals surface area contributed by atoms with E-state index >= 15 is 0 Å². The third kappa shape index (κ3) is 7.10. The van der Waals surface area contributed by atoms with Crippen molar-refractivity contribution in [3.8, 4) is 0 Å². The Morgan fingerprint density at radius 3 is 2.31 bits per heavy atom. The number of hydrogen-bond donors (Lipinski definition) is 1. The highest BCUT2D eigenvalue weighted by Gasteiger charge is 2.22. The van der Waals surface area contributed by atoms with Crippen LogP contribution in [0.25, 0.3) is 0 Å². The SMILES string of the molecule is CC(CCCCl)NC(=O)CC(C)C(C)(C)C. The summed E-state index contributed by atoms with van der Waals surface area (Å²) in [4.78, 5) is 11.7. The lowest BCUT2D eigenvalue weighted by Crippen LogP contribution is -2.35. The van der Waals surface area contributed by atoms with Crippen LogP contribution in [0.5, 0.6) is 0 Å². The summed E-state index contributed by atoms with van der Waals surface area (Å²) in [5.41, 5.74) is 0.191. The summed E-state index contributed by atoms with van der Waals surface area (Å²) in [6.45, 7) is 10.7. The van der Waals surface area contributed by atoms with E-state index in [-0.39, 0.29) is 17.4 Å². The lowest BCUT2D eigenvalue weighted by Gasteiger charge is -2.27. The van der Waals surface area contributed by atoms with Crippen molar-refractivity contribution in [1.29, 1.82) is 0 Å². The van der Waals surface area contributed by atoms with Crippen molar-refractivity contribution in [2.75, 3.05) is 5.88 Å². The van der Waals surface area contributed by atoms with Gasteiger partial charge in [0.15, 0.2) is 0 Å².